The fourth-order valence-electron chi connectivity index (χ4n) is 3.46. The van der Waals surface area contributed by atoms with E-state index in [-0.39, 0.29) is 11.8 Å². The molecular formula is C23H20F3NO3. The van der Waals surface area contributed by atoms with Gasteiger partial charge in [0.1, 0.15) is 23.9 Å². The molecule has 0 bridgehead atoms. The van der Waals surface area contributed by atoms with Crippen LogP contribution in [0.2, 0.25) is 0 Å². The molecule has 0 saturated heterocycles. The van der Waals surface area contributed by atoms with Crippen LogP contribution in [-0.2, 0) is 0 Å². The topological polar surface area (TPSA) is 39.7 Å². The quantitative estimate of drug-likeness (QED) is 0.539. The molecule has 1 N–H and O–H groups in total. The third kappa shape index (κ3) is 4.45. The number of hydrogen-bond donors (Lipinski definition) is 1. The summed E-state index contributed by atoms with van der Waals surface area (Å²) in [5.41, 5.74) is 3.06. The second-order valence-corrected chi connectivity index (χ2v) is 6.77. The summed E-state index contributed by atoms with van der Waals surface area (Å²) >= 11 is 0. The summed E-state index contributed by atoms with van der Waals surface area (Å²) in [4.78, 5) is 0. The monoisotopic (exact) mass is 415 g/mol. The summed E-state index contributed by atoms with van der Waals surface area (Å²) in [7, 11) is 0. The zero-order valence-corrected chi connectivity index (χ0v) is 16.2. The lowest BCUT2D eigenvalue weighted by Crippen LogP contribution is -2.24. The van der Waals surface area contributed by atoms with Crippen molar-refractivity contribution in [3.63, 3.8) is 0 Å². The van der Waals surface area contributed by atoms with E-state index in [9.17, 15) is 13.2 Å². The van der Waals surface area contributed by atoms with Crippen LogP contribution in [0.15, 0.2) is 66.7 Å². The highest BCUT2D eigenvalue weighted by atomic mass is 19.4. The van der Waals surface area contributed by atoms with E-state index in [0.29, 0.717) is 30.1 Å². The Balaban J connectivity index is 1.61. The molecule has 1 atom stereocenters. The summed E-state index contributed by atoms with van der Waals surface area (Å²) in [5, 5.41) is 3.45. The van der Waals surface area contributed by atoms with Gasteiger partial charge in [-0.05, 0) is 48.4 Å². The van der Waals surface area contributed by atoms with Gasteiger partial charge in [0.25, 0.3) is 0 Å². The van der Waals surface area contributed by atoms with E-state index in [2.05, 4.69) is 10.1 Å². The van der Waals surface area contributed by atoms with Crippen LogP contribution in [0.5, 0.6) is 17.2 Å². The van der Waals surface area contributed by atoms with Gasteiger partial charge >= 0.3 is 6.36 Å². The van der Waals surface area contributed by atoms with Gasteiger partial charge in [-0.15, -0.1) is 13.2 Å². The summed E-state index contributed by atoms with van der Waals surface area (Å²) in [6.45, 7) is 2.89. The first kappa shape index (κ1) is 19.9. The van der Waals surface area contributed by atoms with Crippen molar-refractivity contribution >= 4 is 5.69 Å². The third-order valence-electron chi connectivity index (χ3n) is 4.69. The predicted octanol–water partition coefficient (Wildman–Crippen LogP) is 6.20. The molecule has 3 aromatic rings. The molecule has 1 unspecified atom stereocenters. The Kier molecular flexibility index (Phi) is 5.44. The summed E-state index contributed by atoms with van der Waals surface area (Å²) in [5.74, 6) is 1.11. The van der Waals surface area contributed by atoms with E-state index >= 15 is 0 Å². The maximum absolute atomic E-state index is 12.6. The zero-order valence-electron chi connectivity index (χ0n) is 16.2. The second kappa shape index (κ2) is 8.18. The molecule has 0 saturated carbocycles. The molecule has 7 heteroatoms. The minimum absolute atomic E-state index is 0.0759. The average molecular weight is 415 g/mol. The van der Waals surface area contributed by atoms with Crippen molar-refractivity contribution in [3.05, 3.63) is 72.3 Å². The van der Waals surface area contributed by atoms with Crippen LogP contribution in [0.3, 0.4) is 0 Å². The van der Waals surface area contributed by atoms with Gasteiger partial charge in [0.15, 0.2) is 0 Å². The van der Waals surface area contributed by atoms with E-state index in [1.54, 1.807) is 6.07 Å². The summed E-state index contributed by atoms with van der Waals surface area (Å²) in [6.07, 6.45) is -4.74. The van der Waals surface area contributed by atoms with Crippen LogP contribution in [0.1, 0.15) is 18.5 Å². The Morgan fingerprint density at radius 2 is 1.77 bits per heavy atom. The molecule has 0 radical (unpaired) electrons. The van der Waals surface area contributed by atoms with Crippen LogP contribution in [0.4, 0.5) is 18.9 Å². The van der Waals surface area contributed by atoms with Crippen LogP contribution >= 0.6 is 0 Å². The molecule has 30 heavy (non-hydrogen) atoms. The third-order valence-corrected chi connectivity index (χ3v) is 4.69. The number of fused-ring (bicyclic) bond motifs is 1. The molecule has 4 nitrogen and oxygen atoms in total. The molecule has 1 aliphatic heterocycles. The Bertz CT molecular complexity index is 1040. The molecule has 0 aliphatic carbocycles. The number of benzene rings is 3. The van der Waals surface area contributed by atoms with Crippen molar-refractivity contribution in [2.75, 3.05) is 18.5 Å². The Hall–Kier alpha value is -3.35. The normalized spacial score (nSPS) is 15.5. The Morgan fingerprint density at radius 3 is 2.57 bits per heavy atom. The van der Waals surface area contributed by atoms with Gasteiger partial charge < -0.3 is 19.5 Å². The van der Waals surface area contributed by atoms with Gasteiger partial charge in [-0.3, -0.25) is 0 Å². The molecule has 1 aliphatic rings. The molecule has 0 spiro atoms. The van der Waals surface area contributed by atoms with Gasteiger partial charge in [-0.2, -0.15) is 0 Å². The van der Waals surface area contributed by atoms with Crippen molar-refractivity contribution < 1.29 is 27.4 Å². The number of rotatable bonds is 5. The molecule has 3 aromatic carbocycles. The van der Waals surface area contributed by atoms with Crippen LogP contribution < -0.4 is 19.5 Å². The van der Waals surface area contributed by atoms with Crippen molar-refractivity contribution in [1.29, 1.82) is 0 Å². The highest BCUT2D eigenvalue weighted by Crippen LogP contribution is 2.42. The lowest BCUT2D eigenvalue weighted by Gasteiger charge is -2.29. The van der Waals surface area contributed by atoms with Crippen molar-refractivity contribution in [1.82, 2.24) is 0 Å². The lowest BCUT2D eigenvalue weighted by atomic mass is 10.0. The van der Waals surface area contributed by atoms with Crippen molar-refractivity contribution in [2.24, 2.45) is 0 Å². The van der Waals surface area contributed by atoms with Gasteiger partial charge in [0.2, 0.25) is 0 Å². The Labute approximate surface area is 172 Å². The highest BCUT2D eigenvalue weighted by molar-refractivity contribution is 5.79. The number of alkyl halides is 3. The van der Waals surface area contributed by atoms with Gasteiger partial charge in [0, 0.05) is 5.56 Å². The van der Waals surface area contributed by atoms with Crippen LogP contribution in [0, 0.1) is 0 Å². The SMILES string of the molecule is CCOc1cccc(C2COc3c(cccc3-c3cccc(OC(F)(F)F)c3)N2)c1. The van der Waals surface area contributed by atoms with Crippen molar-refractivity contribution in [2.45, 2.75) is 19.3 Å². The maximum Gasteiger partial charge on any atom is 0.573 e. The average Bonchev–Trinajstić information content (AvgIpc) is 2.72. The van der Waals surface area contributed by atoms with E-state index in [1.807, 2.05) is 49.4 Å². The highest BCUT2D eigenvalue weighted by Gasteiger charge is 2.31. The lowest BCUT2D eigenvalue weighted by molar-refractivity contribution is -0.274. The number of halogens is 3. The summed E-state index contributed by atoms with van der Waals surface area (Å²) in [6, 6.07) is 19.1. The van der Waals surface area contributed by atoms with E-state index < -0.39 is 6.36 Å². The fraction of sp³-hybridized carbons (Fsp3) is 0.217. The molecule has 0 fully saturated rings. The number of para-hydroxylation sites is 1. The number of ether oxygens (including phenoxy) is 3. The molecule has 4 rings (SSSR count). The molecule has 0 aromatic heterocycles. The second-order valence-electron chi connectivity index (χ2n) is 6.77. The van der Waals surface area contributed by atoms with Crippen LogP contribution in [-0.4, -0.2) is 19.6 Å². The van der Waals surface area contributed by atoms with E-state index in [0.717, 1.165) is 17.0 Å². The van der Waals surface area contributed by atoms with Gasteiger partial charge in [-0.25, -0.2) is 0 Å². The van der Waals surface area contributed by atoms with Gasteiger partial charge in [-0.1, -0.05) is 36.4 Å². The molecule has 0 amide bonds. The van der Waals surface area contributed by atoms with Crippen molar-refractivity contribution in [3.8, 4) is 28.4 Å². The largest absolute Gasteiger partial charge is 0.573 e. The standard InChI is InChI=1S/C23H20F3NO3/c1-2-28-17-8-4-7-16(13-17)21-14-29-22-19(10-5-11-20(22)27-21)15-6-3-9-18(12-15)30-23(24,25)26/h3-13,21,27H,2,14H2,1H3. The first-order chi connectivity index (χ1) is 14.4. The fourth-order valence-corrected chi connectivity index (χ4v) is 3.46. The van der Waals surface area contributed by atoms with Gasteiger partial charge in [0.05, 0.1) is 18.3 Å². The van der Waals surface area contributed by atoms with E-state index in [1.165, 1.54) is 18.2 Å². The summed E-state index contributed by atoms with van der Waals surface area (Å²) < 4.78 is 53.4. The van der Waals surface area contributed by atoms with Crippen LogP contribution in [0.25, 0.3) is 11.1 Å². The Morgan fingerprint density at radius 1 is 1.00 bits per heavy atom. The minimum atomic E-state index is -4.74. The number of nitrogens with one attached hydrogen (secondary N) is 1. The molecular weight excluding hydrogens is 395 g/mol. The minimum Gasteiger partial charge on any atom is -0.494 e. The number of anilines is 1. The molecule has 156 valence electrons. The number of hydrogen-bond acceptors (Lipinski definition) is 4. The molecule has 1 heterocycles. The van der Waals surface area contributed by atoms with E-state index in [4.69, 9.17) is 9.47 Å². The smallest absolute Gasteiger partial charge is 0.494 e. The first-order valence-electron chi connectivity index (χ1n) is 9.54. The first-order valence-corrected chi connectivity index (χ1v) is 9.54. The predicted molar refractivity (Wildman–Crippen MR) is 108 cm³/mol. The zero-order chi connectivity index (χ0) is 21.1. The maximum atomic E-state index is 12.6.